The second-order valence-corrected chi connectivity index (χ2v) is 6.66. The average Bonchev–Trinajstić information content (AvgIpc) is 3.41. The Morgan fingerprint density at radius 3 is 2.68 bits per heavy atom. The quantitative estimate of drug-likeness (QED) is 0.571. The lowest BCUT2D eigenvalue weighted by Crippen LogP contribution is -2.12. The van der Waals surface area contributed by atoms with Crippen LogP contribution in [0.15, 0.2) is 60.7 Å². The van der Waals surface area contributed by atoms with Crippen LogP contribution in [0.1, 0.15) is 12.8 Å². The predicted octanol–water partition coefficient (Wildman–Crippen LogP) is 4.73. The van der Waals surface area contributed by atoms with E-state index >= 15 is 0 Å². The van der Waals surface area contributed by atoms with Crippen molar-refractivity contribution in [2.24, 2.45) is 5.92 Å². The van der Waals surface area contributed by atoms with Crippen molar-refractivity contribution in [1.82, 2.24) is 10.2 Å². The maximum atomic E-state index is 12.0. The number of nitrogens with zero attached hydrogens (tertiary/aromatic N) is 1. The van der Waals surface area contributed by atoms with E-state index in [1.807, 2.05) is 30.3 Å². The molecular formula is C21H17N3O. The molecule has 4 aromatic rings. The highest BCUT2D eigenvalue weighted by molar-refractivity contribution is 6.00. The molecule has 25 heavy (non-hydrogen) atoms. The highest BCUT2D eigenvalue weighted by Gasteiger charge is 2.29. The van der Waals surface area contributed by atoms with Gasteiger partial charge in [-0.25, -0.2) is 0 Å². The summed E-state index contributed by atoms with van der Waals surface area (Å²) in [5.41, 5.74) is 3.76. The Morgan fingerprint density at radius 2 is 1.84 bits per heavy atom. The van der Waals surface area contributed by atoms with E-state index in [9.17, 15) is 4.79 Å². The fourth-order valence-electron chi connectivity index (χ4n) is 3.24. The third kappa shape index (κ3) is 2.56. The van der Waals surface area contributed by atoms with Crippen LogP contribution in [0, 0.1) is 5.92 Å². The Balaban J connectivity index is 1.58. The molecule has 0 spiro atoms. The molecule has 122 valence electrons. The number of hydrogen-bond acceptors (Lipinski definition) is 2. The number of nitrogens with one attached hydrogen (secondary N) is 2. The molecule has 3 aromatic carbocycles. The minimum Gasteiger partial charge on any atom is -0.326 e. The van der Waals surface area contributed by atoms with Crippen LogP contribution in [-0.2, 0) is 4.79 Å². The molecule has 0 saturated heterocycles. The van der Waals surface area contributed by atoms with Gasteiger partial charge in [0.25, 0.3) is 0 Å². The van der Waals surface area contributed by atoms with E-state index in [0.29, 0.717) is 0 Å². The van der Waals surface area contributed by atoms with Gasteiger partial charge in [-0.05, 0) is 47.9 Å². The van der Waals surface area contributed by atoms with Crippen LogP contribution in [0.5, 0.6) is 0 Å². The van der Waals surface area contributed by atoms with Gasteiger partial charge in [0.2, 0.25) is 5.91 Å². The summed E-state index contributed by atoms with van der Waals surface area (Å²) >= 11 is 0. The van der Waals surface area contributed by atoms with Crippen molar-refractivity contribution in [3.8, 4) is 11.3 Å². The number of anilines is 1. The standard InChI is InChI=1S/C21H17N3O/c25-21(14-6-7-14)22-17-9-10-19-18(12-17)20(24-23-19)16-8-5-13-3-1-2-4-15(13)11-16/h1-5,8-12,14H,6-7H2,(H,22,25)(H,23,24). The number of aromatic nitrogens is 2. The maximum absolute atomic E-state index is 12.0. The number of aromatic amines is 1. The third-order valence-electron chi connectivity index (χ3n) is 4.80. The van der Waals surface area contributed by atoms with Crippen LogP contribution in [0.3, 0.4) is 0 Å². The minimum absolute atomic E-state index is 0.120. The van der Waals surface area contributed by atoms with Crippen LogP contribution in [0.25, 0.3) is 32.9 Å². The van der Waals surface area contributed by atoms with Gasteiger partial charge in [-0.15, -0.1) is 0 Å². The first-order chi connectivity index (χ1) is 12.3. The topological polar surface area (TPSA) is 57.8 Å². The zero-order valence-corrected chi connectivity index (χ0v) is 13.6. The van der Waals surface area contributed by atoms with Gasteiger partial charge in [0.05, 0.1) is 11.2 Å². The summed E-state index contributed by atoms with van der Waals surface area (Å²) in [6.45, 7) is 0. The Bertz CT molecular complexity index is 1110. The number of rotatable bonds is 3. The molecule has 1 aliphatic rings. The number of benzene rings is 3. The first-order valence-electron chi connectivity index (χ1n) is 8.56. The molecule has 4 nitrogen and oxygen atoms in total. The highest BCUT2D eigenvalue weighted by Crippen LogP contribution is 2.33. The molecular weight excluding hydrogens is 310 g/mol. The van der Waals surface area contributed by atoms with Gasteiger partial charge >= 0.3 is 0 Å². The van der Waals surface area contributed by atoms with Crippen molar-refractivity contribution in [2.75, 3.05) is 5.32 Å². The number of fused-ring (bicyclic) bond motifs is 2. The molecule has 0 radical (unpaired) electrons. The minimum atomic E-state index is 0.120. The average molecular weight is 327 g/mol. The molecule has 5 rings (SSSR count). The second kappa shape index (κ2) is 5.45. The summed E-state index contributed by atoms with van der Waals surface area (Å²) in [5.74, 6) is 0.315. The van der Waals surface area contributed by atoms with Crippen LogP contribution < -0.4 is 5.32 Å². The molecule has 1 aromatic heterocycles. The lowest BCUT2D eigenvalue weighted by molar-refractivity contribution is -0.117. The number of hydrogen-bond donors (Lipinski definition) is 2. The van der Waals surface area contributed by atoms with E-state index in [4.69, 9.17) is 0 Å². The van der Waals surface area contributed by atoms with Crippen LogP contribution in [0.2, 0.25) is 0 Å². The third-order valence-corrected chi connectivity index (χ3v) is 4.80. The zero-order valence-electron chi connectivity index (χ0n) is 13.6. The van der Waals surface area contributed by atoms with Gasteiger partial charge < -0.3 is 5.32 Å². The van der Waals surface area contributed by atoms with E-state index < -0.39 is 0 Å². The van der Waals surface area contributed by atoms with Gasteiger partial charge in [0, 0.05) is 22.6 Å². The molecule has 0 bridgehead atoms. The summed E-state index contributed by atoms with van der Waals surface area (Å²) in [5, 5.41) is 14.0. The van der Waals surface area contributed by atoms with Crippen molar-refractivity contribution in [1.29, 1.82) is 0 Å². The van der Waals surface area contributed by atoms with Crippen molar-refractivity contribution in [3.05, 3.63) is 60.7 Å². The van der Waals surface area contributed by atoms with Gasteiger partial charge in [-0.1, -0.05) is 36.4 Å². The SMILES string of the molecule is O=C(Nc1ccc2[nH]nc(-c3ccc4ccccc4c3)c2c1)C1CC1. The van der Waals surface area contributed by atoms with E-state index in [0.717, 1.165) is 40.7 Å². The fourth-order valence-corrected chi connectivity index (χ4v) is 3.24. The van der Waals surface area contributed by atoms with E-state index in [2.05, 4.69) is 45.8 Å². The molecule has 1 heterocycles. The number of carbonyl (C=O) groups excluding carboxylic acids is 1. The Hall–Kier alpha value is -3.14. The van der Waals surface area contributed by atoms with E-state index in [-0.39, 0.29) is 11.8 Å². The summed E-state index contributed by atoms with van der Waals surface area (Å²) in [6.07, 6.45) is 2.00. The fraction of sp³-hybridized carbons (Fsp3) is 0.143. The second-order valence-electron chi connectivity index (χ2n) is 6.66. The maximum Gasteiger partial charge on any atom is 0.227 e. The van der Waals surface area contributed by atoms with Gasteiger partial charge in [0.1, 0.15) is 0 Å². The monoisotopic (exact) mass is 327 g/mol. The molecule has 0 unspecified atom stereocenters. The molecule has 0 aliphatic heterocycles. The first kappa shape index (κ1) is 14.2. The number of carbonyl (C=O) groups is 1. The summed E-state index contributed by atoms with van der Waals surface area (Å²) in [6, 6.07) is 20.5. The summed E-state index contributed by atoms with van der Waals surface area (Å²) in [4.78, 5) is 12.0. The molecule has 4 heteroatoms. The number of H-pyrrole nitrogens is 1. The summed E-state index contributed by atoms with van der Waals surface area (Å²) < 4.78 is 0. The van der Waals surface area contributed by atoms with Crippen molar-refractivity contribution in [3.63, 3.8) is 0 Å². The smallest absolute Gasteiger partial charge is 0.227 e. The normalized spacial score (nSPS) is 14.1. The molecule has 0 atom stereocenters. The van der Waals surface area contributed by atoms with Crippen LogP contribution in [0.4, 0.5) is 5.69 Å². The molecule has 1 amide bonds. The molecule has 1 fully saturated rings. The van der Waals surface area contributed by atoms with E-state index in [1.54, 1.807) is 0 Å². The van der Waals surface area contributed by atoms with Gasteiger partial charge in [0.15, 0.2) is 0 Å². The Morgan fingerprint density at radius 1 is 1.00 bits per heavy atom. The Kier molecular flexibility index (Phi) is 3.10. The molecule has 1 saturated carbocycles. The molecule has 2 N–H and O–H groups in total. The lowest BCUT2D eigenvalue weighted by Gasteiger charge is -2.05. The van der Waals surface area contributed by atoms with Crippen molar-refractivity contribution >= 4 is 33.3 Å². The van der Waals surface area contributed by atoms with Crippen molar-refractivity contribution in [2.45, 2.75) is 12.8 Å². The van der Waals surface area contributed by atoms with Gasteiger partial charge in [-0.3, -0.25) is 9.89 Å². The Labute approximate surface area is 144 Å². The largest absolute Gasteiger partial charge is 0.326 e. The van der Waals surface area contributed by atoms with Gasteiger partial charge in [-0.2, -0.15) is 5.10 Å². The zero-order chi connectivity index (χ0) is 16.8. The van der Waals surface area contributed by atoms with Crippen LogP contribution in [-0.4, -0.2) is 16.1 Å². The van der Waals surface area contributed by atoms with Crippen LogP contribution >= 0.6 is 0 Å². The number of amides is 1. The lowest BCUT2D eigenvalue weighted by atomic mass is 10.0. The first-order valence-corrected chi connectivity index (χ1v) is 8.56. The molecule has 1 aliphatic carbocycles. The predicted molar refractivity (Wildman–Crippen MR) is 100 cm³/mol. The summed E-state index contributed by atoms with van der Waals surface area (Å²) in [7, 11) is 0. The van der Waals surface area contributed by atoms with Crippen molar-refractivity contribution < 1.29 is 4.79 Å². The van der Waals surface area contributed by atoms with E-state index in [1.165, 1.54) is 10.8 Å². The highest BCUT2D eigenvalue weighted by atomic mass is 16.2.